The Kier molecular flexibility index (Phi) is 4.23. The molecule has 128 valence electrons. The molecule has 0 N–H and O–H groups in total. The minimum atomic E-state index is -0.472. The molecule has 0 aromatic heterocycles. The van der Waals surface area contributed by atoms with E-state index in [2.05, 4.69) is 0 Å². The summed E-state index contributed by atoms with van der Waals surface area (Å²) in [6.45, 7) is 0. The Balaban J connectivity index is 1.76. The van der Waals surface area contributed by atoms with Gasteiger partial charge >= 0.3 is 6.09 Å². The van der Waals surface area contributed by atoms with Crippen molar-refractivity contribution in [3.8, 4) is 5.75 Å². The Morgan fingerprint density at radius 2 is 1.46 bits per heavy atom. The number of ether oxygens (including phenoxy) is 1. The molecular weight excluding hydrogens is 326 g/mol. The van der Waals surface area contributed by atoms with E-state index in [-0.39, 0.29) is 12.2 Å². The zero-order valence-corrected chi connectivity index (χ0v) is 14.0. The molecule has 0 aliphatic carbocycles. The van der Waals surface area contributed by atoms with Crippen LogP contribution >= 0.6 is 0 Å². The molecular formula is C22H17NO3. The molecule has 0 fully saturated rings. The van der Waals surface area contributed by atoms with Crippen LogP contribution in [0.2, 0.25) is 0 Å². The van der Waals surface area contributed by atoms with Gasteiger partial charge < -0.3 is 4.74 Å². The highest BCUT2D eigenvalue weighted by Crippen LogP contribution is 2.40. The van der Waals surface area contributed by atoms with Gasteiger partial charge in [0.1, 0.15) is 5.75 Å². The van der Waals surface area contributed by atoms with Crippen LogP contribution in [0, 0.1) is 0 Å². The number of Topliss-reactive ketones (excluding diaryl/α,β-unsaturated/α-hetero) is 1. The lowest BCUT2D eigenvalue weighted by Gasteiger charge is -2.35. The summed E-state index contributed by atoms with van der Waals surface area (Å²) in [6.07, 6.45) is -0.286. The molecule has 0 saturated heterocycles. The van der Waals surface area contributed by atoms with Crippen molar-refractivity contribution in [3.05, 3.63) is 96.1 Å². The van der Waals surface area contributed by atoms with Crippen molar-refractivity contribution in [3.63, 3.8) is 0 Å². The molecule has 0 saturated carbocycles. The van der Waals surface area contributed by atoms with E-state index < -0.39 is 12.1 Å². The molecule has 4 rings (SSSR count). The molecule has 0 spiro atoms. The first kappa shape index (κ1) is 16.1. The van der Waals surface area contributed by atoms with Crippen LogP contribution in [0.15, 0.2) is 84.9 Å². The quantitative estimate of drug-likeness (QED) is 0.625. The predicted octanol–water partition coefficient (Wildman–Crippen LogP) is 5.02. The molecule has 26 heavy (non-hydrogen) atoms. The molecule has 1 heterocycles. The zero-order chi connectivity index (χ0) is 17.9. The molecule has 3 aromatic carbocycles. The van der Waals surface area contributed by atoms with Crippen molar-refractivity contribution in [1.29, 1.82) is 0 Å². The molecule has 1 aliphatic rings. The number of carbonyl (C=O) groups excluding carboxylic acids is 2. The molecule has 3 aromatic rings. The number of hydrogen-bond donors (Lipinski definition) is 0. The van der Waals surface area contributed by atoms with Gasteiger partial charge in [0, 0.05) is 23.2 Å². The highest BCUT2D eigenvalue weighted by atomic mass is 16.6. The fourth-order valence-corrected chi connectivity index (χ4v) is 3.25. The van der Waals surface area contributed by atoms with Crippen LogP contribution < -0.4 is 9.64 Å². The Hall–Kier alpha value is -3.40. The summed E-state index contributed by atoms with van der Waals surface area (Å²) in [5.41, 5.74) is 2.18. The van der Waals surface area contributed by atoms with E-state index in [0.717, 1.165) is 5.56 Å². The van der Waals surface area contributed by atoms with Crippen molar-refractivity contribution in [2.45, 2.75) is 12.5 Å². The average Bonchev–Trinajstić information content (AvgIpc) is 2.69. The van der Waals surface area contributed by atoms with E-state index in [4.69, 9.17) is 4.74 Å². The first-order valence-electron chi connectivity index (χ1n) is 8.47. The van der Waals surface area contributed by atoms with E-state index in [1.54, 1.807) is 23.1 Å². The van der Waals surface area contributed by atoms with Crippen molar-refractivity contribution >= 4 is 17.6 Å². The van der Waals surface area contributed by atoms with E-state index in [9.17, 15) is 9.59 Å². The Morgan fingerprint density at radius 3 is 2.19 bits per heavy atom. The van der Waals surface area contributed by atoms with Crippen LogP contribution in [0.5, 0.6) is 5.75 Å². The maximum absolute atomic E-state index is 12.8. The monoisotopic (exact) mass is 343 g/mol. The van der Waals surface area contributed by atoms with Gasteiger partial charge in [0.05, 0.1) is 6.04 Å². The zero-order valence-electron chi connectivity index (χ0n) is 14.0. The number of ketones is 1. The van der Waals surface area contributed by atoms with Crippen molar-refractivity contribution in [2.24, 2.45) is 0 Å². The highest BCUT2D eigenvalue weighted by Gasteiger charge is 2.36. The Bertz CT molecular complexity index is 938. The molecule has 4 nitrogen and oxygen atoms in total. The normalized spacial score (nSPS) is 15.9. The van der Waals surface area contributed by atoms with E-state index in [1.165, 1.54) is 0 Å². The first-order valence-corrected chi connectivity index (χ1v) is 8.47. The van der Waals surface area contributed by atoms with Gasteiger partial charge in [-0.05, 0) is 18.2 Å². The average molecular weight is 343 g/mol. The second-order valence-corrected chi connectivity index (χ2v) is 6.12. The Morgan fingerprint density at radius 1 is 0.846 bits per heavy atom. The smallest absolute Gasteiger partial charge is 0.410 e. The highest BCUT2D eigenvalue weighted by molar-refractivity contribution is 5.99. The molecule has 0 unspecified atom stereocenters. The van der Waals surface area contributed by atoms with Gasteiger partial charge in [0.15, 0.2) is 5.78 Å². The van der Waals surface area contributed by atoms with Gasteiger partial charge in [0.2, 0.25) is 0 Å². The molecule has 1 aliphatic heterocycles. The van der Waals surface area contributed by atoms with Gasteiger partial charge in [-0.3, -0.25) is 9.69 Å². The fourth-order valence-electron chi connectivity index (χ4n) is 3.25. The summed E-state index contributed by atoms with van der Waals surface area (Å²) in [6, 6.07) is 25.4. The Labute approximate surface area is 151 Å². The van der Waals surface area contributed by atoms with Gasteiger partial charge in [-0.2, -0.15) is 0 Å². The topological polar surface area (TPSA) is 46.6 Å². The van der Waals surface area contributed by atoms with E-state index >= 15 is 0 Å². The van der Waals surface area contributed by atoms with Crippen LogP contribution in [0.25, 0.3) is 0 Å². The lowest BCUT2D eigenvalue weighted by Crippen LogP contribution is -2.41. The largest absolute Gasteiger partial charge is 0.420 e. The van der Waals surface area contributed by atoms with Crippen molar-refractivity contribution in [1.82, 2.24) is 0 Å². The minimum absolute atomic E-state index is 0.0129. The standard InChI is InChI=1S/C22H17NO3/c24-20(16-9-3-1-4-10-16)15-19-18-13-7-8-14-21(18)26-22(25)23(19)17-11-5-2-6-12-17/h1-14,19H,15H2/t19-/m0/s1. The SMILES string of the molecule is O=C(C[C@H]1c2ccccc2OC(=O)N1c1ccccc1)c1ccccc1. The number of anilines is 1. The number of benzene rings is 3. The molecule has 0 bridgehead atoms. The lowest BCUT2D eigenvalue weighted by molar-refractivity contribution is 0.0971. The van der Waals surface area contributed by atoms with Crippen LogP contribution in [0.4, 0.5) is 10.5 Å². The number of rotatable bonds is 4. The van der Waals surface area contributed by atoms with Crippen LogP contribution in [-0.2, 0) is 0 Å². The number of para-hydroxylation sites is 2. The second kappa shape index (κ2) is 6.84. The van der Waals surface area contributed by atoms with E-state index in [1.807, 2.05) is 66.7 Å². The van der Waals surface area contributed by atoms with Gasteiger partial charge in [-0.15, -0.1) is 0 Å². The van der Waals surface area contributed by atoms with Crippen LogP contribution in [0.3, 0.4) is 0 Å². The molecule has 1 amide bonds. The third-order valence-electron chi connectivity index (χ3n) is 4.49. The van der Waals surface area contributed by atoms with Crippen molar-refractivity contribution < 1.29 is 14.3 Å². The number of hydrogen-bond acceptors (Lipinski definition) is 3. The number of carbonyl (C=O) groups is 2. The third-order valence-corrected chi connectivity index (χ3v) is 4.49. The summed E-state index contributed by atoms with van der Waals surface area (Å²) in [7, 11) is 0. The van der Waals surface area contributed by atoms with Crippen molar-refractivity contribution in [2.75, 3.05) is 4.90 Å². The van der Waals surface area contributed by atoms with Gasteiger partial charge in [-0.25, -0.2) is 4.79 Å². The summed E-state index contributed by atoms with van der Waals surface area (Å²) in [5.74, 6) is 0.497. The first-order chi connectivity index (χ1) is 12.7. The molecule has 4 heteroatoms. The second-order valence-electron chi connectivity index (χ2n) is 6.12. The number of nitrogens with zero attached hydrogens (tertiary/aromatic N) is 1. The van der Waals surface area contributed by atoms with Gasteiger partial charge in [-0.1, -0.05) is 66.7 Å². The summed E-state index contributed by atoms with van der Waals surface area (Å²) >= 11 is 0. The van der Waals surface area contributed by atoms with E-state index in [0.29, 0.717) is 17.0 Å². The molecule has 1 atom stereocenters. The fraction of sp³-hybridized carbons (Fsp3) is 0.0909. The summed E-state index contributed by atoms with van der Waals surface area (Å²) in [5, 5.41) is 0. The third kappa shape index (κ3) is 2.97. The number of amides is 1. The summed E-state index contributed by atoms with van der Waals surface area (Å²) in [4.78, 5) is 27.1. The maximum atomic E-state index is 12.8. The van der Waals surface area contributed by atoms with Gasteiger partial charge in [0.25, 0.3) is 0 Å². The van der Waals surface area contributed by atoms with Crippen LogP contribution in [0.1, 0.15) is 28.4 Å². The maximum Gasteiger partial charge on any atom is 0.420 e. The molecule has 0 radical (unpaired) electrons. The number of fused-ring (bicyclic) bond motifs is 1. The van der Waals surface area contributed by atoms with Crippen LogP contribution in [-0.4, -0.2) is 11.9 Å². The minimum Gasteiger partial charge on any atom is -0.410 e. The summed E-state index contributed by atoms with van der Waals surface area (Å²) < 4.78 is 5.49. The lowest BCUT2D eigenvalue weighted by atomic mass is 9.94. The predicted molar refractivity (Wildman–Crippen MR) is 99.5 cm³/mol.